The van der Waals surface area contributed by atoms with E-state index in [1.807, 2.05) is 13.1 Å². The molecule has 1 N–H and O–H groups in total. The van der Waals surface area contributed by atoms with Crippen LogP contribution in [0.1, 0.15) is 13.8 Å². The van der Waals surface area contributed by atoms with E-state index in [2.05, 4.69) is 41.5 Å². The minimum absolute atomic E-state index is 0.467. The third-order valence-corrected chi connectivity index (χ3v) is 3.78. The fourth-order valence-corrected chi connectivity index (χ4v) is 2.16. The third kappa shape index (κ3) is 5.79. The number of anilines is 2. The molecule has 1 aromatic carbocycles. The van der Waals surface area contributed by atoms with Gasteiger partial charge in [-0.25, -0.2) is 8.42 Å². The summed E-state index contributed by atoms with van der Waals surface area (Å²) >= 11 is 0. The molecule has 20 heavy (non-hydrogen) atoms. The van der Waals surface area contributed by atoms with Crippen LogP contribution in [0.5, 0.6) is 0 Å². The van der Waals surface area contributed by atoms with Gasteiger partial charge in [0.1, 0.15) is 0 Å². The maximum atomic E-state index is 11.2. The van der Waals surface area contributed by atoms with E-state index in [0.29, 0.717) is 11.7 Å². The number of likely N-dealkylation sites (N-methyl/N-ethyl adjacent to an activating group) is 2. The van der Waals surface area contributed by atoms with Gasteiger partial charge in [-0.05, 0) is 33.0 Å². The van der Waals surface area contributed by atoms with Crippen LogP contribution in [0.4, 0.5) is 11.4 Å². The Morgan fingerprint density at radius 3 is 2.50 bits per heavy atom. The van der Waals surface area contributed by atoms with Crippen LogP contribution in [-0.2, 0) is 10.0 Å². The SMILES string of the molecule is CC(C)N(C)CCN(C)c1cc[c]c(NS(C)(=O)=O)c1. The molecular weight excluding hydrogens is 274 g/mol. The van der Waals surface area contributed by atoms with Crippen LogP contribution in [0.15, 0.2) is 18.2 Å². The molecule has 0 saturated heterocycles. The molecule has 0 heterocycles. The highest BCUT2D eigenvalue weighted by molar-refractivity contribution is 7.92. The van der Waals surface area contributed by atoms with Gasteiger partial charge in [0.05, 0.1) is 11.9 Å². The van der Waals surface area contributed by atoms with Gasteiger partial charge in [0.2, 0.25) is 10.0 Å². The van der Waals surface area contributed by atoms with Crippen molar-refractivity contribution in [2.24, 2.45) is 0 Å². The summed E-state index contributed by atoms with van der Waals surface area (Å²) in [6.07, 6.45) is 1.13. The first-order valence-electron chi connectivity index (χ1n) is 6.60. The zero-order chi connectivity index (χ0) is 15.3. The molecule has 0 amide bonds. The normalized spacial score (nSPS) is 11.9. The molecule has 0 aliphatic carbocycles. The number of hydrogen-bond donors (Lipinski definition) is 1. The standard InChI is InChI=1S/C14H24N3O2S/c1-12(2)16(3)9-10-17(4)14-8-6-7-13(11-14)15-20(5,18)19/h6,8,11-12,15H,9-10H2,1-5H3. The number of rotatable bonds is 7. The summed E-state index contributed by atoms with van der Waals surface area (Å²) in [5.74, 6) is 0. The monoisotopic (exact) mass is 298 g/mol. The van der Waals surface area contributed by atoms with Gasteiger partial charge >= 0.3 is 0 Å². The van der Waals surface area contributed by atoms with E-state index in [-0.39, 0.29) is 0 Å². The fraction of sp³-hybridized carbons (Fsp3) is 0.571. The molecule has 0 aliphatic rings. The van der Waals surface area contributed by atoms with E-state index in [9.17, 15) is 8.42 Å². The first kappa shape index (κ1) is 16.8. The second-order valence-corrected chi connectivity index (χ2v) is 7.08. The zero-order valence-corrected chi connectivity index (χ0v) is 13.7. The van der Waals surface area contributed by atoms with Crippen LogP contribution >= 0.6 is 0 Å². The Hall–Kier alpha value is -1.27. The van der Waals surface area contributed by atoms with Gasteiger partial charge in [-0.1, -0.05) is 6.07 Å². The van der Waals surface area contributed by atoms with Gasteiger partial charge in [-0.15, -0.1) is 0 Å². The molecule has 1 rings (SSSR count). The summed E-state index contributed by atoms with van der Waals surface area (Å²) in [6.45, 7) is 6.13. The highest BCUT2D eigenvalue weighted by Crippen LogP contribution is 2.18. The van der Waals surface area contributed by atoms with Crippen molar-refractivity contribution in [2.45, 2.75) is 19.9 Å². The molecule has 0 unspecified atom stereocenters. The van der Waals surface area contributed by atoms with Crippen molar-refractivity contribution in [3.8, 4) is 0 Å². The molecule has 0 bridgehead atoms. The minimum Gasteiger partial charge on any atom is -0.373 e. The van der Waals surface area contributed by atoms with E-state index >= 15 is 0 Å². The maximum Gasteiger partial charge on any atom is 0.229 e. The van der Waals surface area contributed by atoms with Crippen molar-refractivity contribution in [3.63, 3.8) is 0 Å². The summed E-state index contributed by atoms with van der Waals surface area (Å²) in [5.41, 5.74) is 1.43. The molecular formula is C14H24N3O2S. The Balaban J connectivity index is 2.69. The highest BCUT2D eigenvalue weighted by Gasteiger charge is 2.08. The quantitative estimate of drug-likeness (QED) is 0.831. The van der Waals surface area contributed by atoms with Crippen LogP contribution in [-0.4, -0.2) is 52.8 Å². The van der Waals surface area contributed by atoms with Gasteiger partial charge in [0.25, 0.3) is 0 Å². The van der Waals surface area contributed by atoms with Gasteiger partial charge in [-0.3, -0.25) is 4.72 Å². The smallest absolute Gasteiger partial charge is 0.229 e. The van der Waals surface area contributed by atoms with Crippen molar-refractivity contribution in [3.05, 3.63) is 24.3 Å². The molecule has 5 nitrogen and oxygen atoms in total. The Kier molecular flexibility index (Phi) is 5.83. The second-order valence-electron chi connectivity index (χ2n) is 5.33. The van der Waals surface area contributed by atoms with Crippen LogP contribution in [0, 0.1) is 6.07 Å². The highest BCUT2D eigenvalue weighted by atomic mass is 32.2. The first-order valence-corrected chi connectivity index (χ1v) is 8.49. The number of hydrogen-bond acceptors (Lipinski definition) is 4. The summed E-state index contributed by atoms with van der Waals surface area (Å²) in [4.78, 5) is 4.36. The van der Waals surface area contributed by atoms with Gasteiger partial charge in [0.15, 0.2) is 0 Å². The molecule has 1 radical (unpaired) electrons. The molecule has 0 aliphatic heterocycles. The maximum absolute atomic E-state index is 11.2. The molecule has 6 heteroatoms. The number of nitrogens with one attached hydrogen (secondary N) is 1. The lowest BCUT2D eigenvalue weighted by molar-refractivity contribution is 0.280. The van der Waals surface area contributed by atoms with Gasteiger partial charge in [0, 0.05) is 37.9 Å². The Bertz CT molecular complexity index is 529. The molecule has 0 atom stereocenters. The van der Waals surface area contributed by atoms with Gasteiger partial charge < -0.3 is 9.80 Å². The van der Waals surface area contributed by atoms with Crippen LogP contribution in [0.25, 0.3) is 0 Å². The topological polar surface area (TPSA) is 52.6 Å². The summed E-state index contributed by atoms with van der Waals surface area (Å²) in [7, 11) is 0.820. The Morgan fingerprint density at radius 2 is 1.95 bits per heavy atom. The average molecular weight is 298 g/mol. The van der Waals surface area contributed by atoms with Crippen LogP contribution in [0.3, 0.4) is 0 Å². The van der Waals surface area contributed by atoms with E-state index in [4.69, 9.17) is 0 Å². The van der Waals surface area contributed by atoms with Crippen molar-refractivity contribution >= 4 is 21.4 Å². The average Bonchev–Trinajstić information content (AvgIpc) is 2.33. The molecule has 113 valence electrons. The molecule has 1 aromatic rings. The number of nitrogens with zero attached hydrogens (tertiary/aromatic N) is 2. The van der Waals surface area contributed by atoms with E-state index in [0.717, 1.165) is 25.0 Å². The van der Waals surface area contributed by atoms with Crippen molar-refractivity contribution < 1.29 is 8.42 Å². The minimum atomic E-state index is -3.26. The Labute approximate surface area is 122 Å². The summed E-state index contributed by atoms with van der Waals surface area (Å²) < 4.78 is 24.9. The second kappa shape index (κ2) is 6.95. The van der Waals surface area contributed by atoms with Crippen molar-refractivity contribution in [2.75, 3.05) is 43.1 Å². The summed E-state index contributed by atoms with van der Waals surface area (Å²) in [5, 5.41) is 0. The number of benzene rings is 1. The van der Waals surface area contributed by atoms with Crippen LogP contribution in [0.2, 0.25) is 0 Å². The van der Waals surface area contributed by atoms with E-state index in [1.54, 1.807) is 12.1 Å². The van der Waals surface area contributed by atoms with Crippen molar-refractivity contribution in [1.82, 2.24) is 4.90 Å². The first-order chi connectivity index (χ1) is 9.19. The van der Waals surface area contributed by atoms with Crippen LogP contribution < -0.4 is 9.62 Å². The lowest BCUT2D eigenvalue weighted by atomic mass is 10.2. The molecule has 0 aromatic heterocycles. The zero-order valence-electron chi connectivity index (χ0n) is 12.8. The molecule has 0 saturated carbocycles. The third-order valence-electron chi connectivity index (χ3n) is 3.19. The Morgan fingerprint density at radius 1 is 1.30 bits per heavy atom. The predicted molar refractivity (Wildman–Crippen MR) is 84.8 cm³/mol. The lowest BCUT2D eigenvalue weighted by Crippen LogP contribution is -2.34. The van der Waals surface area contributed by atoms with Crippen molar-refractivity contribution in [1.29, 1.82) is 0 Å². The van der Waals surface area contributed by atoms with E-state index < -0.39 is 10.0 Å². The fourth-order valence-electron chi connectivity index (χ4n) is 1.65. The lowest BCUT2D eigenvalue weighted by Gasteiger charge is -2.26. The molecule has 0 fully saturated rings. The molecule has 0 spiro atoms. The predicted octanol–water partition coefficient (Wildman–Crippen LogP) is 1.63. The summed E-state index contributed by atoms with van der Waals surface area (Å²) in [6, 6.07) is 8.82. The number of sulfonamides is 1. The van der Waals surface area contributed by atoms with E-state index in [1.165, 1.54) is 0 Å². The van der Waals surface area contributed by atoms with Gasteiger partial charge in [-0.2, -0.15) is 0 Å². The largest absolute Gasteiger partial charge is 0.373 e.